The van der Waals surface area contributed by atoms with Crippen molar-refractivity contribution >= 4 is 37.3 Å². The molecule has 0 aliphatic carbocycles. The molecule has 0 saturated heterocycles. The van der Waals surface area contributed by atoms with Gasteiger partial charge in [-0.05, 0) is 46.6 Å². The van der Waals surface area contributed by atoms with E-state index in [2.05, 4.69) is 15.9 Å². The quantitative estimate of drug-likeness (QED) is 0.758. The fourth-order valence-electron chi connectivity index (χ4n) is 1.64. The van der Waals surface area contributed by atoms with Crippen LogP contribution >= 0.6 is 27.3 Å². The van der Waals surface area contributed by atoms with Crippen LogP contribution in [0.4, 0.5) is 0 Å². The van der Waals surface area contributed by atoms with Crippen molar-refractivity contribution in [3.63, 3.8) is 0 Å². The normalized spacial score (nSPS) is 11.8. The first kappa shape index (κ1) is 16.5. The van der Waals surface area contributed by atoms with Gasteiger partial charge in [0.15, 0.2) is 0 Å². The number of thiophene rings is 1. The summed E-state index contributed by atoms with van der Waals surface area (Å²) < 4.78 is 32.8. The van der Waals surface area contributed by atoms with Gasteiger partial charge in [-0.1, -0.05) is 18.2 Å². The van der Waals surface area contributed by atoms with Crippen LogP contribution in [-0.4, -0.2) is 32.9 Å². The Morgan fingerprint density at radius 2 is 1.95 bits per heavy atom. The lowest BCUT2D eigenvalue weighted by Gasteiger charge is -2.16. The predicted octanol–water partition coefficient (Wildman–Crippen LogP) is 3.52. The van der Waals surface area contributed by atoms with Gasteiger partial charge in [-0.3, -0.25) is 0 Å². The zero-order valence-electron chi connectivity index (χ0n) is 11.7. The number of benzene rings is 1. The van der Waals surface area contributed by atoms with Crippen molar-refractivity contribution < 1.29 is 13.2 Å². The maximum atomic E-state index is 12.4. The molecule has 0 spiro atoms. The number of nitrogens with zero attached hydrogens (tertiary/aromatic N) is 1. The Labute approximate surface area is 137 Å². The summed E-state index contributed by atoms with van der Waals surface area (Å²) in [5, 5.41) is 0. The number of likely N-dealkylation sites (N-methyl/N-ethyl adjacent to an activating group) is 1. The molecule has 1 heterocycles. The van der Waals surface area contributed by atoms with Crippen LogP contribution < -0.4 is 4.74 Å². The molecule has 0 bridgehead atoms. The van der Waals surface area contributed by atoms with Crippen LogP contribution in [-0.2, 0) is 10.0 Å². The average molecular weight is 390 g/mol. The first-order valence-corrected chi connectivity index (χ1v) is 9.36. The number of ether oxygens (including phenoxy) is 1. The van der Waals surface area contributed by atoms with E-state index in [4.69, 9.17) is 4.74 Å². The van der Waals surface area contributed by atoms with Crippen LogP contribution in [0.2, 0.25) is 0 Å². The molecule has 1 aromatic carbocycles. The van der Waals surface area contributed by atoms with E-state index < -0.39 is 10.0 Å². The molecule has 0 radical (unpaired) electrons. The maximum absolute atomic E-state index is 12.4. The summed E-state index contributed by atoms with van der Waals surface area (Å²) in [5.41, 5.74) is 0.924. The van der Waals surface area contributed by atoms with Crippen LogP contribution in [0.3, 0.4) is 0 Å². The molecule has 0 aliphatic rings. The van der Waals surface area contributed by atoms with E-state index in [1.165, 1.54) is 15.6 Å². The third-order valence-electron chi connectivity index (χ3n) is 2.92. The van der Waals surface area contributed by atoms with E-state index in [0.29, 0.717) is 17.4 Å². The maximum Gasteiger partial charge on any atom is 0.252 e. The molecule has 4 nitrogen and oxygen atoms in total. The Morgan fingerprint density at radius 3 is 2.52 bits per heavy atom. The van der Waals surface area contributed by atoms with E-state index in [1.807, 2.05) is 37.3 Å². The third kappa shape index (κ3) is 4.06. The summed E-state index contributed by atoms with van der Waals surface area (Å²) in [5.74, 6) is 0.734. The van der Waals surface area contributed by atoms with Crippen molar-refractivity contribution in [3.8, 4) is 5.75 Å². The zero-order chi connectivity index (χ0) is 15.5. The van der Waals surface area contributed by atoms with Crippen LogP contribution in [0, 0.1) is 6.92 Å². The fourth-order valence-corrected chi connectivity index (χ4v) is 5.23. The number of rotatable bonds is 6. The third-order valence-corrected chi connectivity index (χ3v) is 7.36. The molecule has 0 saturated carbocycles. The van der Waals surface area contributed by atoms with Gasteiger partial charge in [0.25, 0.3) is 10.0 Å². The number of hydrogen-bond donors (Lipinski definition) is 0. The van der Waals surface area contributed by atoms with Gasteiger partial charge in [0, 0.05) is 13.6 Å². The molecular weight excluding hydrogens is 374 g/mol. The first-order chi connectivity index (χ1) is 9.91. The number of sulfonamides is 1. The van der Waals surface area contributed by atoms with Crippen molar-refractivity contribution in [1.29, 1.82) is 0 Å². The molecule has 114 valence electrons. The van der Waals surface area contributed by atoms with Gasteiger partial charge >= 0.3 is 0 Å². The molecule has 0 fully saturated rings. The summed E-state index contributed by atoms with van der Waals surface area (Å²) in [6.07, 6.45) is 0. The highest BCUT2D eigenvalue weighted by molar-refractivity contribution is 9.11. The molecule has 1 aromatic heterocycles. The van der Waals surface area contributed by atoms with Crippen molar-refractivity contribution in [1.82, 2.24) is 4.31 Å². The number of para-hydroxylation sites is 1. The molecule has 2 aromatic rings. The topological polar surface area (TPSA) is 46.6 Å². The van der Waals surface area contributed by atoms with Crippen LogP contribution in [0.1, 0.15) is 5.56 Å². The molecule has 0 unspecified atom stereocenters. The fraction of sp³-hybridized carbons (Fsp3) is 0.286. The zero-order valence-corrected chi connectivity index (χ0v) is 15.0. The predicted molar refractivity (Wildman–Crippen MR) is 88.5 cm³/mol. The lowest BCUT2D eigenvalue weighted by atomic mass is 10.3. The molecule has 2 rings (SSSR count). The largest absolute Gasteiger partial charge is 0.492 e. The number of hydrogen-bond acceptors (Lipinski definition) is 4. The summed E-state index contributed by atoms with van der Waals surface area (Å²) in [4.78, 5) is 0. The number of aryl methyl sites for hydroxylation is 1. The Bertz CT molecular complexity index is 679. The summed E-state index contributed by atoms with van der Waals surface area (Å²) in [6.45, 7) is 2.48. The van der Waals surface area contributed by atoms with Gasteiger partial charge in [0.05, 0.1) is 3.79 Å². The van der Waals surface area contributed by atoms with E-state index in [0.717, 1.165) is 15.1 Å². The Morgan fingerprint density at radius 1 is 1.29 bits per heavy atom. The van der Waals surface area contributed by atoms with Gasteiger partial charge in [0.1, 0.15) is 16.6 Å². The standard InChI is InChI=1S/C14H16BrNO3S2/c1-11-10-13(20-14(11)15)21(17,18)16(2)8-9-19-12-6-4-3-5-7-12/h3-7,10H,8-9H2,1-2H3. The van der Waals surface area contributed by atoms with Crippen molar-refractivity contribution in [2.45, 2.75) is 11.1 Å². The van der Waals surface area contributed by atoms with E-state index >= 15 is 0 Å². The second kappa shape index (κ2) is 6.91. The lowest BCUT2D eigenvalue weighted by Crippen LogP contribution is -2.30. The summed E-state index contributed by atoms with van der Waals surface area (Å²) >= 11 is 4.58. The second-order valence-electron chi connectivity index (χ2n) is 4.51. The summed E-state index contributed by atoms with van der Waals surface area (Å²) in [6, 6.07) is 11.0. The molecular formula is C14H16BrNO3S2. The lowest BCUT2D eigenvalue weighted by molar-refractivity contribution is 0.287. The highest BCUT2D eigenvalue weighted by atomic mass is 79.9. The Hall–Kier alpha value is -0.890. The first-order valence-electron chi connectivity index (χ1n) is 6.31. The minimum absolute atomic E-state index is 0.297. The summed E-state index contributed by atoms with van der Waals surface area (Å²) in [7, 11) is -1.89. The average Bonchev–Trinajstić information content (AvgIpc) is 2.80. The molecule has 0 atom stereocenters. The van der Waals surface area contributed by atoms with Crippen LogP contribution in [0.25, 0.3) is 0 Å². The van der Waals surface area contributed by atoms with Crippen LogP contribution in [0.5, 0.6) is 5.75 Å². The Kier molecular flexibility index (Phi) is 5.43. The SMILES string of the molecule is Cc1cc(S(=O)(=O)N(C)CCOc2ccccc2)sc1Br. The highest BCUT2D eigenvalue weighted by Gasteiger charge is 2.23. The van der Waals surface area contributed by atoms with Gasteiger partial charge in [-0.2, -0.15) is 4.31 Å². The van der Waals surface area contributed by atoms with Gasteiger partial charge in [0.2, 0.25) is 0 Å². The second-order valence-corrected chi connectivity index (χ2v) is 9.15. The highest BCUT2D eigenvalue weighted by Crippen LogP contribution is 2.31. The molecule has 0 N–H and O–H groups in total. The van der Waals surface area contributed by atoms with Crippen molar-refractivity contribution in [3.05, 3.63) is 45.7 Å². The van der Waals surface area contributed by atoms with Gasteiger partial charge < -0.3 is 4.74 Å². The van der Waals surface area contributed by atoms with E-state index in [-0.39, 0.29) is 0 Å². The van der Waals surface area contributed by atoms with Gasteiger partial charge in [-0.15, -0.1) is 11.3 Å². The molecule has 7 heteroatoms. The van der Waals surface area contributed by atoms with E-state index in [9.17, 15) is 8.42 Å². The monoisotopic (exact) mass is 389 g/mol. The molecule has 0 aliphatic heterocycles. The van der Waals surface area contributed by atoms with Crippen molar-refractivity contribution in [2.24, 2.45) is 0 Å². The smallest absolute Gasteiger partial charge is 0.252 e. The van der Waals surface area contributed by atoms with Crippen LogP contribution in [0.15, 0.2) is 44.4 Å². The molecule has 21 heavy (non-hydrogen) atoms. The number of halogens is 1. The van der Waals surface area contributed by atoms with Gasteiger partial charge in [-0.25, -0.2) is 8.42 Å². The minimum atomic E-state index is -3.45. The Balaban J connectivity index is 1.97. The molecule has 0 amide bonds. The van der Waals surface area contributed by atoms with E-state index in [1.54, 1.807) is 13.1 Å². The minimum Gasteiger partial charge on any atom is -0.492 e. The van der Waals surface area contributed by atoms with Crippen molar-refractivity contribution in [2.75, 3.05) is 20.2 Å².